The van der Waals surface area contributed by atoms with Crippen LogP contribution in [0.2, 0.25) is 0 Å². The van der Waals surface area contributed by atoms with Crippen LogP contribution in [-0.2, 0) is 11.3 Å². The van der Waals surface area contributed by atoms with E-state index in [2.05, 4.69) is 40.7 Å². The van der Waals surface area contributed by atoms with Crippen LogP contribution in [0.3, 0.4) is 0 Å². The highest BCUT2D eigenvalue weighted by Gasteiger charge is 2.10. The molecule has 0 aliphatic carbocycles. The Kier molecular flexibility index (Phi) is 10.1. The van der Waals surface area contributed by atoms with Gasteiger partial charge in [0.2, 0.25) is 0 Å². The number of allylic oxidation sites excluding steroid dienone is 1. The summed E-state index contributed by atoms with van der Waals surface area (Å²) in [5, 5.41) is 7.72. The maximum Gasteiger partial charge on any atom is 0.188 e. The lowest BCUT2D eigenvalue weighted by Crippen LogP contribution is -2.39. The fourth-order valence-corrected chi connectivity index (χ4v) is 4.47. The fourth-order valence-electron chi connectivity index (χ4n) is 4.03. The van der Waals surface area contributed by atoms with Gasteiger partial charge in [0, 0.05) is 49.2 Å². The predicted octanol–water partition coefficient (Wildman–Crippen LogP) is 5.82. The first-order valence-electron chi connectivity index (χ1n) is 12.6. The van der Waals surface area contributed by atoms with E-state index in [0.29, 0.717) is 12.2 Å². The highest BCUT2D eigenvalue weighted by Crippen LogP contribution is 2.24. The standard InChI is InChI=1S/C30H35N3O3S/c1-23-20-26(31-14-15-33-16-18-35-19-17-33)10-13-28(23)32-30(37-2)21-29(34)25-8-11-27(12-9-25)36-22-24-6-4-3-5-7-24/h3-13,20-21,31-32H,14-19,22H2,1-2H3/b30-21-. The number of morpholine rings is 1. The van der Waals surface area contributed by atoms with Gasteiger partial charge in [-0.15, -0.1) is 11.8 Å². The number of rotatable bonds is 12. The number of nitrogens with zero attached hydrogens (tertiary/aromatic N) is 1. The molecule has 1 heterocycles. The van der Waals surface area contributed by atoms with Crippen molar-refractivity contribution in [1.29, 1.82) is 0 Å². The summed E-state index contributed by atoms with van der Waals surface area (Å²) in [7, 11) is 0. The number of hydrogen-bond acceptors (Lipinski definition) is 7. The first-order valence-corrected chi connectivity index (χ1v) is 13.8. The fraction of sp³-hybridized carbons (Fsp3) is 0.300. The molecule has 0 bridgehead atoms. The van der Waals surface area contributed by atoms with Gasteiger partial charge in [0.1, 0.15) is 12.4 Å². The highest BCUT2D eigenvalue weighted by atomic mass is 32.2. The minimum Gasteiger partial charge on any atom is -0.489 e. The van der Waals surface area contributed by atoms with E-state index in [0.717, 1.165) is 72.7 Å². The quantitative estimate of drug-likeness (QED) is 0.232. The Hall–Kier alpha value is -3.26. The molecule has 6 nitrogen and oxygen atoms in total. The van der Waals surface area contributed by atoms with Crippen LogP contribution in [0.25, 0.3) is 0 Å². The molecule has 1 fully saturated rings. The van der Waals surface area contributed by atoms with Crippen LogP contribution in [0.4, 0.5) is 11.4 Å². The average molecular weight is 518 g/mol. The summed E-state index contributed by atoms with van der Waals surface area (Å²) < 4.78 is 11.2. The molecule has 7 heteroatoms. The molecule has 3 aromatic rings. The second-order valence-electron chi connectivity index (χ2n) is 8.91. The summed E-state index contributed by atoms with van der Waals surface area (Å²) in [6.07, 6.45) is 3.61. The van der Waals surface area contributed by atoms with E-state index in [4.69, 9.17) is 9.47 Å². The van der Waals surface area contributed by atoms with Crippen LogP contribution >= 0.6 is 11.8 Å². The molecule has 0 radical (unpaired) electrons. The minimum atomic E-state index is -0.0505. The number of nitrogens with one attached hydrogen (secondary N) is 2. The zero-order valence-electron chi connectivity index (χ0n) is 21.5. The molecule has 1 saturated heterocycles. The molecule has 1 aliphatic heterocycles. The van der Waals surface area contributed by atoms with E-state index in [1.165, 1.54) is 11.8 Å². The van der Waals surface area contributed by atoms with E-state index in [-0.39, 0.29) is 5.78 Å². The SMILES string of the molecule is CS/C(=C\C(=O)c1ccc(OCc2ccccc2)cc1)Nc1ccc(NCCN2CCOCC2)cc1C. The Morgan fingerprint density at radius 1 is 1.05 bits per heavy atom. The third kappa shape index (κ3) is 8.39. The molecule has 4 rings (SSSR count). The largest absolute Gasteiger partial charge is 0.489 e. The van der Waals surface area contributed by atoms with Gasteiger partial charge >= 0.3 is 0 Å². The van der Waals surface area contributed by atoms with Crippen LogP contribution in [0.15, 0.2) is 83.9 Å². The van der Waals surface area contributed by atoms with E-state index in [1.807, 2.05) is 48.7 Å². The zero-order chi connectivity index (χ0) is 25.9. The van der Waals surface area contributed by atoms with Crippen molar-refractivity contribution in [3.63, 3.8) is 0 Å². The van der Waals surface area contributed by atoms with Gasteiger partial charge in [-0.05, 0) is 66.8 Å². The van der Waals surface area contributed by atoms with Crippen molar-refractivity contribution in [2.45, 2.75) is 13.5 Å². The second kappa shape index (κ2) is 13.9. The van der Waals surface area contributed by atoms with E-state index in [9.17, 15) is 4.79 Å². The monoisotopic (exact) mass is 517 g/mol. The third-order valence-corrected chi connectivity index (χ3v) is 6.87. The van der Waals surface area contributed by atoms with Gasteiger partial charge in [0.25, 0.3) is 0 Å². The number of thioether (sulfide) groups is 1. The molecule has 0 saturated carbocycles. The van der Waals surface area contributed by atoms with Crippen LogP contribution in [0.5, 0.6) is 5.75 Å². The molecule has 0 aromatic heterocycles. The van der Waals surface area contributed by atoms with Gasteiger partial charge in [-0.25, -0.2) is 0 Å². The summed E-state index contributed by atoms with van der Waals surface area (Å²) in [5.74, 6) is 0.687. The molecule has 2 N–H and O–H groups in total. The van der Waals surface area contributed by atoms with Gasteiger partial charge in [-0.1, -0.05) is 30.3 Å². The van der Waals surface area contributed by atoms with Crippen molar-refractivity contribution in [1.82, 2.24) is 4.90 Å². The van der Waals surface area contributed by atoms with Crippen LogP contribution < -0.4 is 15.4 Å². The van der Waals surface area contributed by atoms with Crippen LogP contribution in [0, 0.1) is 6.92 Å². The lowest BCUT2D eigenvalue weighted by Gasteiger charge is -2.26. The van der Waals surface area contributed by atoms with Crippen LogP contribution in [-0.4, -0.2) is 56.3 Å². The third-order valence-electron chi connectivity index (χ3n) is 6.21. The molecule has 0 amide bonds. The van der Waals surface area contributed by atoms with Gasteiger partial charge in [0.05, 0.1) is 18.2 Å². The molecule has 0 unspecified atom stereocenters. The Bertz CT molecular complexity index is 1180. The lowest BCUT2D eigenvalue weighted by molar-refractivity contribution is 0.0398. The maximum absolute atomic E-state index is 12.9. The molecule has 37 heavy (non-hydrogen) atoms. The summed E-state index contributed by atoms with van der Waals surface area (Å²) in [4.78, 5) is 15.3. The normalized spacial score (nSPS) is 14.3. The van der Waals surface area contributed by atoms with Gasteiger partial charge in [-0.2, -0.15) is 0 Å². The summed E-state index contributed by atoms with van der Waals surface area (Å²) in [6.45, 7) is 8.11. The average Bonchev–Trinajstić information content (AvgIpc) is 2.94. The van der Waals surface area contributed by atoms with Crippen molar-refractivity contribution in [2.24, 2.45) is 0 Å². The van der Waals surface area contributed by atoms with Crippen molar-refractivity contribution < 1.29 is 14.3 Å². The number of hydrogen-bond donors (Lipinski definition) is 2. The van der Waals surface area contributed by atoms with Crippen molar-refractivity contribution in [2.75, 3.05) is 56.3 Å². The smallest absolute Gasteiger partial charge is 0.188 e. The number of aryl methyl sites for hydroxylation is 1. The summed E-state index contributed by atoms with van der Waals surface area (Å²) in [6, 6.07) is 23.6. The van der Waals surface area contributed by atoms with E-state index < -0.39 is 0 Å². The van der Waals surface area contributed by atoms with Gasteiger partial charge in [0.15, 0.2) is 5.78 Å². The second-order valence-corrected chi connectivity index (χ2v) is 9.76. The molecular weight excluding hydrogens is 482 g/mol. The topological polar surface area (TPSA) is 62.8 Å². The Morgan fingerprint density at radius 3 is 2.51 bits per heavy atom. The molecule has 1 aliphatic rings. The Labute approximate surface area is 224 Å². The number of anilines is 2. The highest BCUT2D eigenvalue weighted by molar-refractivity contribution is 8.02. The number of ether oxygens (including phenoxy) is 2. The number of benzene rings is 3. The maximum atomic E-state index is 12.9. The van der Waals surface area contributed by atoms with Gasteiger partial charge < -0.3 is 20.1 Å². The Morgan fingerprint density at radius 2 is 1.81 bits per heavy atom. The minimum absolute atomic E-state index is 0.0505. The molecule has 0 spiro atoms. The van der Waals surface area contributed by atoms with Crippen LogP contribution in [0.1, 0.15) is 21.5 Å². The Balaban J connectivity index is 1.30. The first-order chi connectivity index (χ1) is 18.1. The first kappa shape index (κ1) is 26.8. The van der Waals surface area contributed by atoms with Gasteiger partial charge in [-0.3, -0.25) is 9.69 Å². The molecule has 0 atom stereocenters. The zero-order valence-corrected chi connectivity index (χ0v) is 22.4. The van der Waals surface area contributed by atoms with Crippen molar-refractivity contribution in [3.8, 4) is 5.75 Å². The molecule has 194 valence electrons. The molecular formula is C30H35N3O3S. The van der Waals surface area contributed by atoms with Crippen molar-refractivity contribution in [3.05, 3.63) is 101 Å². The predicted molar refractivity (Wildman–Crippen MR) is 154 cm³/mol. The van der Waals surface area contributed by atoms with E-state index >= 15 is 0 Å². The van der Waals surface area contributed by atoms with Crippen molar-refractivity contribution >= 4 is 28.9 Å². The number of carbonyl (C=O) groups is 1. The lowest BCUT2D eigenvalue weighted by atomic mass is 10.1. The van der Waals surface area contributed by atoms with E-state index in [1.54, 1.807) is 18.2 Å². The summed E-state index contributed by atoms with van der Waals surface area (Å²) in [5.41, 5.74) is 4.92. The molecule has 3 aromatic carbocycles. The number of ketones is 1. The number of carbonyl (C=O) groups excluding carboxylic acids is 1. The summed E-state index contributed by atoms with van der Waals surface area (Å²) >= 11 is 1.51.